The zero-order chi connectivity index (χ0) is 14.7. The number of aryl methyl sites for hydroxylation is 1. The lowest BCUT2D eigenvalue weighted by molar-refractivity contribution is 0.0854. The van der Waals surface area contributed by atoms with Crippen LogP contribution >= 0.6 is 11.5 Å². The van der Waals surface area contributed by atoms with Gasteiger partial charge in [-0.3, -0.25) is 4.79 Å². The third-order valence-corrected chi connectivity index (χ3v) is 4.31. The van der Waals surface area contributed by atoms with Crippen LogP contribution in [-0.2, 0) is 4.74 Å². The third-order valence-electron chi connectivity index (χ3n) is 3.53. The fourth-order valence-corrected chi connectivity index (χ4v) is 2.99. The van der Waals surface area contributed by atoms with E-state index in [9.17, 15) is 4.79 Å². The van der Waals surface area contributed by atoms with Crippen LogP contribution in [0.1, 0.15) is 28.9 Å². The van der Waals surface area contributed by atoms with Crippen LogP contribution in [0.15, 0.2) is 24.3 Å². The van der Waals surface area contributed by atoms with Crippen molar-refractivity contribution in [2.24, 2.45) is 0 Å². The topological polar surface area (TPSA) is 64.1 Å². The van der Waals surface area contributed by atoms with E-state index in [0.29, 0.717) is 12.2 Å². The Balaban J connectivity index is 1.72. The van der Waals surface area contributed by atoms with Gasteiger partial charge in [-0.05, 0) is 36.9 Å². The first-order valence-corrected chi connectivity index (χ1v) is 7.80. The molecule has 1 aromatic carbocycles. The summed E-state index contributed by atoms with van der Waals surface area (Å²) in [6.45, 7) is 3.35. The van der Waals surface area contributed by atoms with Crippen molar-refractivity contribution in [3.05, 3.63) is 35.5 Å². The van der Waals surface area contributed by atoms with Crippen molar-refractivity contribution in [2.45, 2.75) is 25.9 Å². The fraction of sp³-hybridized carbons (Fsp3) is 0.400. The molecule has 1 fully saturated rings. The molecule has 1 N–H and O–H groups in total. The second-order valence-electron chi connectivity index (χ2n) is 5.16. The van der Waals surface area contributed by atoms with Gasteiger partial charge in [-0.25, -0.2) is 0 Å². The van der Waals surface area contributed by atoms with E-state index >= 15 is 0 Å². The van der Waals surface area contributed by atoms with E-state index in [-0.39, 0.29) is 12.0 Å². The highest BCUT2D eigenvalue weighted by atomic mass is 32.1. The van der Waals surface area contributed by atoms with Gasteiger partial charge in [-0.15, -0.1) is 5.10 Å². The summed E-state index contributed by atoms with van der Waals surface area (Å²) in [6.07, 6.45) is 2.19. The predicted molar refractivity (Wildman–Crippen MR) is 81.4 cm³/mol. The molecule has 110 valence electrons. The summed E-state index contributed by atoms with van der Waals surface area (Å²) in [5, 5.41) is 6.86. The van der Waals surface area contributed by atoms with Crippen molar-refractivity contribution in [1.29, 1.82) is 0 Å². The van der Waals surface area contributed by atoms with Crippen LogP contribution in [0.4, 0.5) is 0 Å². The summed E-state index contributed by atoms with van der Waals surface area (Å²) in [5.74, 6) is -0.185. The maximum absolute atomic E-state index is 12.3. The van der Waals surface area contributed by atoms with Gasteiger partial charge in [0.05, 0.1) is 11.0 Å². The monoisotopic (exact) mass is 303 g/mol. The number of aromatic nitrogens is 2. The van der Waals surface area contributed by atoms with Crippen LogP contribution < -0.4 is 5.32 Å². The van der Waals surface area contributed by atoms with Crippen molar-refractivity contribution >= 4 is 17.4 Å². The van der Waals surface area contributed by atoms with Crippen LogP contribution in [0, 0.1) is 6.92 Å². The van der Waals surface area contributed by atoms with E-state index in [1.165, 1.54) is 17.1 Å². The zero-order valence-corrected chi connectivity index (χ0v) is 12.7. The third kappa shape index (κ3) is 3.28. The van der Waals surface area contributed by atoms with Gasteiger partial charge in [0.1, 0.15) is 0 Å². The molecule has 0 aliphatic carbocycles. The van der Waals surface area contributed by atoms with Crippen molar-refractivity contribution in [2.75, 3.05) is 13.2 Å². The van der Waals surface area contributed by atoms with Crippen molar-refractivity contribution in [3.8, 4) is 10.4 Å². The van der Waals surface area contributed by atoms with Gasteiger partial charge in [0, 0.05) is 13.2 Å². The minimum atomic E-state index is -0.185. The Morgan fingerprint density at radius 2 is 2.24 bits per heavy atom. The van der Waals surface area contributed by atoms with Gasteiger partial charge < -0.3 is 10.1 Å². The first-order valence-electron chi connectivity index (χ1n) is 7.03. The van der Waals surface area contributed by atoms with Gasteiger partial charge >= 0.3 is 0 Å². The molecule has 21 heavy (non-hydrogen) atoms. The molecular weight excluding hydrogens is 286 g/mol. The lowest BCUT2D eigenvalue weighted by atomic mass is 10.1. The number of hydrogen-bond acceptors (Lipinski definition) is 5. The molecule has 3 rings (SSSR count). The standard InChI is InChI=1S/C15H17N3O2S/c1-10-4-6-11(7-5-10)14-13(17-18-21-14)15(19)16-9-12-3-2-8-20-12/h4-7,12H,2-3,8-9H2,1H3,(H,16,19)/t12-/m1/s1. The quantitative estimate of drug-likeness (QED) is 0.942. The van der Waals surface area contributed by atoms with Crippen LogP contribution in [0.25, 0.3) is 10.4 Å². The molecule has 2 heterocycles. The number of nitrogens with one attached hydrogen (secondary N) is 1. The summed E-state index contributed by atoms with van der Waals surface area (Å²) in [4.78, 5) is 13.1. The van der Waals surface area contributed by atoms with E-state index in [4.69, 9.17) is 4.74 Å². The number of carbonyl (C=O) groups is 1. The fourth-order valence-electron chi connectivity index (χ4n) is 2.33. The van der Waals surface area contributed by atoms with Gasteiger partial charge in [0.25, 0.3) is 5.91 Å². The number of amides is 1. The molecule has 1 amide bonds. The van der Waals surface area contributed by atoms with Crippen molar-refractivity contribution in [1.82, 2.24) is 14.9 Å². The second kappa shape index (κ2) is 6.32. The zero-order valence-electron chi connectivity index (χ0n) is 11.8. The summed E-state index contributed by atoms with van der Waals surface area (Å²) < 4.78 is 9.42. The summed E-state index contributed by atoms with van der Waals surface area (Å²) in [6, 6.07) is 8.01. The first-order chi connectivity index (χ1) is 10.2. The SMILES string of the molecule is Cc1ccc(-c2snnc2C(=O)NC[C@H]2CCCO2)cc1. The number of carbonyl (C=O) groups excluding carboxylic acids is 1. The minimum Gasteiger partial charge on any atom is -0.376 e. The Morgan fingerprint density at radius 1 is 1.43 bits per heavy atom. The van der Waals surface area contributed by atoms with Gasteiger partial charge in [0.2, 0.25) is 0 Å². The van der Waals surface area contributed by atoms with Crippen LogP contribution in [-0.4, -0.2) is 34.7 Å². The molecule has 0 radical (unpaired) electrons. The van der Waals surface area contributed by atoms with Crippen LogP contribution in [0.5, 0.6) is 0 Å². The molecule has 0 spiro atoms. The summed E-state index contributed by atoms with van der Waals surface area (Å²) >= 11 is 1.24. The van der Waals surface area contributed by atoms with E-state index in [1.54, 1.807) is 0 Å². The minimum absolute atomic E-state index is 0.128. The largest absolute Gasteiger partial charge is 0.376 e. The molecule has 1 saturated heterocycles. The predicted octanol–water partition coefficient (Wildman–Crippen LogP) is 2.42. The van der Waals surface area contributed by atoms with E-state index < -0.39 is 0 Å². The van der Waals surface area contributed by atoms with Crippen LogP contribution in [0.2, 0.25) is 0 Å². The summed E-state index contributed by atoms with van der Waals surface area (Å²) in [5.41, 5.74) is 2.54. The Hall–Kier alpha value is -1.79. The maximum Gasteiger partial charge on any atom is 0.273 e. The van der Waals surface area contributed by atoms with Gasteiger partial charge in [-0.2, -0.15) is 0 Å². The van der Waals surface area contributed by atoms with Crippen molar-refractivity contribution in [3.63, 3.8) is 0 Å². The Kier molecular flexibility index (Phi) is 4.26. The molecule has 0 bridgehead atoms. The average Bonchev–Trinajstić information content (AvgIpc) is 3.17. The Labute approximate surface area is 127 Å². The molecular formula is C15H17N3O2S. The number of benzene rings is 1. The van der Waals surface area contributed by atoms with Crippen LogP contribution in [0.3, 0.4) is 0 Å². The molecule has 1 atom stereocenters. The van der Waals surface area contributed by atoms with Gasteiger partial charge in [-0.1, -0.05) is 34.3 Å². The highest BCUT2D eigenvalue weighted by Crippen LogP contribution is 2.26. The molecule has 0 unspecified atom stereocenters. The maximum atomic E-state index is 12.3. The number of nitrogens with zero attached hydrogens (tertiary/aromatic N) is 2. The average molecular weight is 303 g/mol. The van der Waals surface area contributed by atoms with E-state index in [0.717, 1.165) is 29.9 Å². The molecule has 2 aromatic rings. The smallest absolute Gasteiger partial charge is 0.273 e. The Bertz CT molecular complexity index is 618. The second-order valence-corrected chi connectivity index (χ2v) is 5.92. The van der Waals surface area contributed by atoms with E-state index in [1.807, 2.05) is 31.2 Å². The van der Waals surface area contributed by atoms with E-state index in [2.05, 4.69) is 14.9 Å². The summed E-state index contributed by atoms with van der Waals surface area (Å²) in [7, 11) is 0. The van der Waals surface area contributed by atoms with Gasteiger partial charge in [0.15, 0.2) is 5.69 Å². The highest BCUT2D eigenvalue weighted by molar-refractivity contribution is 7.09. The molecule has 1 aliphatic rings. The molecule has 0 saturated carbocycles. The molecule has 1 aliphatic heterocycles. The molecule has 5 nitrogen and oxygen atoms in total. The highest BCUT2D eigenvalue weighted by Gasteiger charge is 2.20. The number of rotatable bonds is 4. The molecule has 1 aromatic heterocycles. The number of ether oxygens (including phenoxy) is 1. The lowest BCUT2D eigenvalue weighted by Crippen LogP contribution is -2.32. The van der Waals surface area contributed by atoms with Crippen molar-refractivity contribution < 1.29 is 9.53 Å². The molecule has 6 heteroatoms. The first kappa shape index (κ1) is 14.2. The normalized spacial score (nSPS) is 17.9. The Morgan fingerprint density at radius 3 is 2.95 bits per heavy atom. The number of hydrogen-bond donors (Lipinski definition) is 1. The lowest BCUT2D eigenvalue weighted by Gasteiger charge is -2.10.